The average molecular weight is 421 g/mol. The summed E-state index contributed by atoms with van der Waals surface area (Å²) in [5, 5.41) is 6.59. The van der Waals surface area contributed by atoms with Gasteiger partial charge in [0.15, 0.2) is 5.65 Å². The first-order valence-corrected chi connectivity index (χ1v) is 8.02. The number of halogens is 6. The molecular weight excluding hydrogens is 408 g/mol. The standard InChI is InChI=1S/C17H13F6N3O3/c1-27-6-7-28-13-8-11(29-17(21,22)23)3-4-12(13)10-2-5-14-24-25-15(16(18,19)20)26(14)9-10/h2-5,8-9H,6-7H2,1H3. The minimum Gasteiger partial charge on any atom is -0.490 e. The van der Waals surface area contributed by atoms with Gasteiger partial charge in [0.1, 0.15) is 18.1 Å². The number of methoxy groups -OCH3 is 1. The summed E-state index contributed by atoms with van der Waals surface area (Å²) in [5.41, 5.74) is 0.452. The zero-order chi connectivity index (χ0) is 21.2. The second kappa shape index (κ2) is 7.78. The van der Waals surface area contributed by atoms with Crippen molar-refractivity contribution in [3.05, 3.63) is 42.4 Å². The van der Waals surface area contributed by atoms with Crippen LogP contribution in [-0.4, -0.2) is 41.3 Å². The van der Waals surface area contributed by atoms with E-state index in [0.29, 0.717) is 0 Å². The Kier molecular flexibility index (Phi) is 5.55. The van der Waals surface area contributed by atoms with Gasteiger partial charge >= 0.3 is 12.5 Å². The van der Waals surface area contributed by atoms with Crippen LogP contribution < -0.4 is 9.47 Å². The molecule has 0 aliphatic rings. The molecule has 0 fully saturated rings. The maximum absolute atomic E-state index is 13.1. The summed E-state index contributed by atoms with van der Waals surface area (Å²) in [7, 11) is 1.41. The van der Waals surface area contributed by atoms with Gasteiger partial charge in [-0.05, 0) is 24.3 Å². The summed E-state index contributed by atoms with van der Waals surface area (Å²) in [6, 6.07) is 6.04. The van der Waals surface area contributed by atoms with Gasteiger partial charge in [-0.3, -0.25) is 4.40 Å². The molecule has 6 nitrogen and oxygen atoms in total. The molecular formula is C17H13F6N3O3. The van der Waals surface area contributed by atoms with Gasteiger partial charge in [-0.2, -0.15) is 13.2 Å². The molecule has 0 aliphatic carbocycles. The third-order valence-corrected chi connectivity index (χ3v) is 3.70. The van der Waals surface area contributed by atoms with Crippen LogP contribution in [0.2, 0.25) is 0 Å². The molecule has 0 atom stereocenters. The van der Waals surface area contributed by atoms with E-state index in [0.717, 1.165) is 22.7 Å². The zero-order valence-electron chi connectivity index (χ0n) is 14.7. The molecule has 0 amide bonds. The molecule has 3 rings (SSSR count). The average Bonchev–Trinajstić information content (AvgIpc) is 3.04. The van der Waals surface area contributed by atoms with Crippen LogP contribution in [0.25, 0.3) is 16.8 Å². The smallest absolute Gasteiger partial charge is 0.490 e. The Morgan fingerprint density at radius 1 is 0.966 bits per heavy atom. The van der Waals surface area contributed by atoms with Gasteiger partial charge in [-0.1, -0.05) is 0 Å². The molecule has 12 heteroatoms. The van der Waals surface area contributed by atoms with Crippen molar-refractivity contribution < 1.29 is 40.6 Å². The fourth-order valence-electron chi connectivity index (χ4n) is 2.54. The lowest BCUT2D eigenvalue weighted by Crippen LogP contribution is -2.17. The monoisotopic (exact) mass is 421 g/mol. The summed E-state index contributed by atoms with van der Waals surface area (Å²) in [6.45, 7) is 0.147. The van der Waals surface area contributed by atoms with Crippen LogP contribution in [-0.2, 0) is 10.9 Å². The molecule has 1 aromatic carbocycles. The van der Waals surface area contributed by atoms with E-state index in [4.69, 9.17) is 9.47 Å². The molecule has 0 bridgehead atoms. The van der Waals surface area contributed by atoms with E-state index >= 15 is 0 Å². The van der Waals surface area contributed by atoms with Crippen LogP contribution >= 0.6 is 0 Å². The molecule has 2 aromatic heterocycles. The number of hydrogen-bond acceptors (Lipinski definition) is 5. The van der Waals surface area contributed by atoms with Crippen LogP contribution in [0, 0.1) is 0 Å². The third-order valence-electron chi connectivity index (χ3n) is 3.70. The van der Waals surface area contributed by atoms with Gasteiger partial charge in [0, 0.05) is 30.5 Å². The van der Waals surface area contributed by atoms with E-state index in [1.807, 2.05) is 0 Å². The van der Waals surface area contributed by atoms with Gasteiger partial charge in [-0.15, -0.1) is 23.4 Å². The van der Waals surface area contributed by atoms with E-state index in [9.17, 15) is 26.3 Å². The molecule has 0 aliphatic heterocycles. The molecule has 0 radical (unpaired) electrons. The molecule has 2 heterocycles. The number of benzene rings is 1. The first-order valence-electron chi connectivity index (χ1n) is 8.02. The number of nitrogens with zero attached hydrogens (tertiary/aromatic N) is 3. The van der Waals surface area contributed by atoms with Gasteiger partial charge in [-0.25, -0.2) is 0 Å². The predicted octanol–water partition coefficient (Wildman–Crippen LogP) is 4.34. The van der Waals surface area contributed by atoms with Crippen molar-refractivity contribution in [1.29, 1.82) is 0 Å². The summed E-state index contributed by atoms with van der Waals surface area (Å²) in [6.07, 6.45) is -8.52. The fourth-order valence-corrected chi connectivity index (χ4v) is 2.54. The molecule has 29 heavy (non-hydrogen) atoms. The SMILES string of the molecule is COCCOc1cc(OC(F)(F)F)ccc1-c1ccc2nnc(C(F)(F)F)n2c1. The van der Waals surface area contributed by atoms with Gasteiger partial charge in [0.05, 0.1) is 6.61 Å². The number of aromatic nitrogens is 3. The minimum atomic E-state index is -4.91. The predicted molar refractivity (Wildman–Crippen MR) is 87.5 cm³/mol. The molecule has 0 spiro atoms. The summed E-state index contributed by atoms with van der Waals surface area (Å²) in [4.78, 5) is 0. The van der Waals surface area contributed by atoms with Crippen molar-refractivity contribution >= 4 is 5.65 Å². The molecule has 0 unspecified atom stereocenters. The van der Waals surface area contributed by atoms with Crippen LogP contribution in [0.1, 0.15) is 5.82 Å². The maximum atomic E-state index is 13.1. The minimum absolute atomic E-state index is 0.00163. The second-order valence-electron chi connectivity index (χ2n) is 5.71. The fraction of sp³-hybridized carbons (Fsp3) is 0.294. The molecule has 0 saturated carbocycles. The maximum Gasteiger partial charge on any atom is 0.573 e. The third kappa shape index (κ3) is 4.88. The van der Waals surface area contributed by atoms with Crippen molar-refractivity contribution in [3.8, 4) is 22.6 Å². The lowest BCUT2D eigenvalue weighted by atomic mass is 10.1. The van der Waals surface area contributed by atoms with Crippen LogP contribution in [0.3, 0.4) is 0 Å². The quantitative estimate of drug-likeness (QED) is 0.438. The van der Waals surface area contributed by atoms with E-state index in [-0.39, 0.29) is 35.7 Å². The van der Waals surface area contributed by atoms with E-state index in [2.05, 4.69) is 14.9 Å². The number of alkyl halides is 6. The van der Waals surface area contributed by atoms with Crippen molar-refractivity contribution in [2.45, 2.75) is 12.5 Å². The van der Waals surface area contributed by atoms with Gasteiger partial charge in [0.2, 0.25) is 5.82 Å². The Labute approximate surface area is 159 Å². The largest absolute Gasteiger partial charge is 0.573 e. The van der Waals surface area contributed by atoms with E-state index in [1.54, 1.807) is 0 Å². The van der Waals surface area contributed by atoms with E-state index in [1.165, 1.54) is 25.3 Å². The topological polar surface area (TPSA) is 57.9 Å². The number of rotatable bonds is 6. The lowest BCUT2D eigenvalue weighted by Gasteiger charge is -2.15. The molecule has 0 N–H and O–H groups in total. The van der Waals surface area contributed by atoms with Crippen LogP contribution in [0.15, 0.2) is 36.5 Å². The Balaban J connectivity index is 2.06. The molecule has 156 valence electrons. The van der Waals surface area contributed by atoms with Crippen molar-refractivity contribution in [2.75, 3.05) is 20.3 Å². The first-order chi connectivity index (χ1) is 13.6. The van der Waals surface area contributed by atoms with Crippen molar-refractivity contribution in [2.24, 2.45) is 0 Å². The highest BCUT2D eigenvalue weighted by Gasteiger charge is 2.37. The van der Waals surface area contributed by atoms with Gasteiger partial charge < -0.3 is 14.2 Å². The van der Waals surface area contributed by atoms with Crippen molar-refractivity contribution in [3.63, 3.8) is 0 Å². The molecule has 3 aromatic rings. The highest BCUT2D eigenvalue weighted by molar-refractivity contribution is 5.72. The Morgan fingerprint density at radius 2 is 1.72 bits per heavy atom. The Hall–Kier alpha value is -3.02. The normalized spacial score (nSPS) is 12.4. The number of pyridine rings is 1. The van der Waals surface area contributed by atoms with Crippen LogP contribution in [0.4, 0.5) is 26.3 Å². The highest BCUT2D eigenvalue weighted by atomic mass is 19.4. The number of fused-ring (bicyclic) bond motifs is 1. The Bertz CT molecular complexity index is 1000. The lowest BCUT2D eigenvalue weighted by molar-refractivity contribution is -0.274. The second-order valence-corrected chi connectivity index (χ2v) is 5.71. The van der Waals surface area contributed by atoms with Crippen molar-refractivity contribution in [1.82, 2.24) is 14.6 Å². The molecule has 0 saturated heterocycles. The van der Waals surface area contributed by atoms with E-state index < -0.39 is 24.1 Å². The van der Waals surface area contributed by atoms with Gasteiger partial charge in [0.25, 0.3) is 0 Å². The zero-order valence-corrected chi connectivity index (χ0v) is 14.7. The Morgan fingerprint density at radius 3 is 2.38 bits per heavy atom. The highest BCUT2D eigenvalue weighted by Crippen LogP contribution is 2.36. The first kappa shape index (κ1) is 20.7. The summed E-state index contributed by atoms with van der Waals surface area (Å²) >= 11 is 0. The summed E-state index contributed by atoms with van der Waals surface area (Å²) in [5.74, 6) is -1.78. The van der Waals surface area contributed by atoms with Crippen LogP contribution in [0.5, 0.6) is 11.5 Å². The summed E-state index contributed by atoms with van der Waals surface area (Å²) < 4.78 is 91.7. The number of hydrogen-bond donors (Lipinski definition) is 0. The number of ether oxygens (including phenoxy) is 3.